The average Bonchev–Trinajstić information content (AvgIpc) is 3.36. The Kier molecular flexibility index (Phi) is 5.41. The predicted octanol–water partition coefficient (Wildman–Crippen LogP) is 4.00. The van der Waals surface area contributed by atoms with Gasteiger partial charge in [-0.15, -0.1) is 0 Å². The second-order valence-corrected chi connectivity index (χ2v) is 10.9. The Hall–Kier alpha value is -3.76. The first-order chi connectivity index (χ1) is 18.0. The molecule has 1 amide bonds. The van der Waals surface area contributed by atoms with E-state index in [-0.39, 0.29) is 23.2 Å². The summed E-state index contributed by atoms with van der Waals surface area (Å²) in [6.07, 6.45) is 4.78. The number of carbonyl (C=O) groups excluding carboxylic acids is 1. The van der Waals surface area contributed by atoms with Crippen LogP contribution in [0.5, 0.6) is 5.88 Å². The standard InChI is InChI=1S/C27H23ClF2N4O4/c1-13-17(28)4-3-16-15(8-31-21(13)16)7-20-24(36)34(25(37)33-20)22(14-2-5-18(29)19(30)6-14)23(35)32-12-26-9-27(38,10-26)11-26/h2-8,22,36,38H,9-12H2,1H3,(H,32,35)(H,33,37). The number of benzene rings is 2. The van der Waals surface area contributed by atoms with Crippen molar-refractivity contribution >= 4 is 41.1 Å². The molecule has 3 saturated carbocycles. The molecule has 3 aromatic rings. The highest BCUT2D eigenvalue weighted by molar-refractivity contribution is 6.32. The van der Waals surface area contributed by atoms with Gasteiger partial charge >= 0.3 is 5.69 Å². The van der Waals surface area contributed by atoms with E-state index in [1.807, 2.05) is 6.92 Å². The van der Waals surface area contributed by atoms with Crippen molar-refractivity contribution in [1.82, 2.24) is 14.9 Å². The quantitative estimate of drug-likeness (QED) is 0.378. The monoisotopic (exact) mass is 540 g/mol. The minimum atomic E-state index is -1.48. The van der Waals surface area contributed by atoms with E-state index in [4.69, 9.17) is 11.6 Å². The van der Waals surface area contributed by atoms with Crippen LogP contribution in [-0.2, 0) is 4.79 Å². The molecule has 196 valence electrons. The smallest absolute Gasteiger partial charge is 0.329 e. The molecule has 8 nitrogen and oxygen atoms in total. The number of aliphatic imine (C=N–C) groups is 1. The minimum absolute atomic E-state index is 0.0129. The van der Waals surface area contributed by atoms with Crippen LogP contribution >= 0.6 is 11.6 Å². The second-order valence-electron chi connectivity index (χ2n) is 10.5. The topological polar surface area (TPSA) is 120 Å². The van der Waals surface area contributed by atoms with Crippen LogP contribution in [0.1, 0.15) is 47.7 Å². The number of amides is 1. The summed E-state index contributed by atoms with van der Waals surface area (Å²) >= 11 is 6.18. The molecule has 4 N–H and O–H groups in total. The van der Waals surface area contributed by atoms with Gasteiger partial charge in [0.1, 0.15) is 11.7 Å². The number of fused-ring (bicyclic) bond motifs is 1. The average molecular weight is 541 g/mol. The number of aliphatic hydroxyl groups is 1. The van der Waals surface area contributed by atoms with Crippen molar-refractivity contribution in [2.75, 3.05) is 6.54 Å². The molecule has 0 radical (unpaired) electrons. The molecule has 2 bridgehead atoms. The van der Waals surface area contributed by atoms with Crippen molar-refractivity contribution in [3.63, 3.8) is 0 Å². The van der Waals surface area contributed by atoms with Gasteiger partial charge in [-0.1, -0.05) is 23.7 Å². The van der Waals surface area contributed by atoms with Gasteiger partial charge in [-0.25, -0.2) is 18.1 Å². The van der Waals surface area contributed by atoms with E-state index in [2.05, 4.69) is 15.3 Å². The maximum atomic E-state index is 14.2. The van der Waals surface area contributed by atoms with Crippen LogP contribution in [-0.4, -0.2) is 44.0 Å². The number of rotatable bonds is 6. The van der Waals surface area contributed by atoms with E-state index in [9.17, 15) is 28.6 Å². The fourth-order valence-electron chi connectivity index (χ4n) is 5.94. The summed E-state index contributed by atoms with van der Waals surface area (Å²) < 4.78 is 28.6. The summed E-state index contributed by atoms with van der Waals surface area (Å²) in [5.74, 6) is -3.54. The lowest BCUT2D eigenvalue weighted by atomic mass is 9.41. The van der Waals surface area contributed by atoms with Crippen LogP contribution in [0.2, 0.25) is 5.02 Å². The molecule has 3 fully saturated rings. The Morgan fingerprint density at radius 1 is 1.26 bits per heavy atom. The van der Waals surface area contributed by atoms with E-state index in [0.717, 1.165) is 27.8 Å². The Labute approximate surface area is 220 Å². The lowest BCUT2D eigenvalue weighted by Crippen LogP contribution is -2.70. The number of hydrogen-bond donors (Lipinski definition) is 4. The van der Waals surface area contributed by atoms with Crippen molar-refractivity contribution in [3.8, 4) is 5.88 Å². The predicted molar refractivity (Wildman–Crippen MR) is 138 cm³/mol. The minimum Gasteiger partial charge on any atom is -0.493 e. The molecule has 1 atom stereocenters. The first-order valence-corrected chi connectivity index (χ1v) is 12.4. The van der Waals surface area contributed by atoms with Crippen molar-refractivity contribution in [2.45, 2.75) is 37.8 Å². The number of allylic oxidation sites excluding steroid dienone is 1. The van der Waals surface area contributed by atoms with Gasteiger partial charge in [0.2, 0.25) is 11.8 Å². The largest absolute Gasteiger partial charge is 0.493 e. The molecule has 1 aromatic heterocycles. The normalized spacial score (nSPS) is 24.6. The molecule has 4 aliphatic rings. The molecule has 2 heterocycles. The molecular formula is C27H23ClF2N4O4. The van der Waals surface area contributed by atoms with E-state index in [1.54, 1.807) is 18.3 Å². The highest BCUT2D eigenvalue weighted by atomic mass is 35.5. The lowest BCUT2D eigenvalue weighted by molar-refractivity contribution is -0.256. The molecule has 2 aromatic carbocycles. The highest BCUT2D eigenvalue weighted by Crippen LogP contribution is 2.66. The van der Waals surface area contributed by atoms with E-state index in [1.165, 1.54) is 12.1 Å². The van der Waals surface area contributed by atoms with Gasteiger partial charge < -0.3 is 20.5 Å². The first-order valence-electron chi connectivity index (χ1n) is 12.0. The highest BCUT2D eigenvalue weighted by Gasteiger charge is 2.67. The molecule has 11 heteroatoms. The van der Waals surface area contributed by atoms with Crippen LogP contribution in [0.4, 0.5) is 14.5 Å². The summed E-state index contributed by atoms with van der Waals surface area (Å²) in [5, 5.41) is 24.4. The molecule has 1 aliphatic heterocycles. The maximum Gasteiger partial charge on any atom is 0.329 e. The molecular weight excluding hydrogens is 518 g/mol. The van der Waals surface area contributed by atoms with Crippen molar-refractivity contribution in [2.24, 2.45) is 10.4 Å². The van der Waals surface area contributed by atoms with Gasteiger partial charge in [0, 0.05) is 28.9 Å². The number of hydrogen-bond acceptors (Lipinski definition) is 5. The third-order valence-corrected chi connectivity index (χ3v) is 8.16. The van der Waals surface area contributed by atoms with Gasteiger partial charge in [-0.05, 0) is 67.0 Å². The van der Waals surface area contributed by atoms with E-state index in [0.29, 0.717) is 35.5 Å². The molecule has 0 spiro atoms. The maximum absolute atomic E-state index is 14.2. The van der Waals surface area contributed by atoms with E-state index < -0.39 is 40.8 Å². The van der Waals surface area contributed by atoms with Gasteiger partial charge in [0.25, 0.3) is 0 Å². The fourth-order valence-corrected chi connectivity index (χ4v) is 6.10. The SMILES string of the molecule is Cc1c(Cl)ccc2c1N=CC2=Cc1[nH]c(=O)n(C(C(=O)NCC23CC(O)(C2)C3)c2ccc(F)c(F)c2)c1O. The number of nitrogens with one attached hydrogen (secondary N) is 2. The number of aromatic amines is 1. The second kappa shape index (κ2) is 8.37. The lowest BCUT2D eigenvalue weighted by Gasteiger charge is -2.67. The molecule has 38 heavy (non-hydrogen) atoms. The molecule has 7 rings (SSSR count). The molecule has 3 aliphatic carbocycles. The van der Waals surface area contributed by atoms with Crippen LogP contribution < -0.4 is 11.0 Å². The van der Waals surface area contributed by atoms with Crippen LogP contribution in [0.3, 0.4) is 0 Å². The third kappa shape index (κ3) is 3.78. The zero-order valence-corrected chi connectivity index (χ0v) is 20.9. The number of aromatic nitrogens is 2. The van der Waals surface area contributed by atoms with Crippen molar-refractivity contribution in [1.29, 1.82) is 0 Å². The number of aromatic hydroxyl groups is 1. The van der Waals surface area contributed by atoms with Gasteiger partial charge in [0.15, 0.2) is 11.6 Å². The van der Waals surface area contributed by atoms with Gasteiger partial charge in [-0.2, -0.15) is 0 Å². The Bertz CT molecular complexity index is 1620. The fraction of sp³-hybridized carbons (Fsp3) is 0.296. The van der Waals surface area contributed by atoms with Crippen LogP contribution in [0.25, 0.3) is 11.6 Å². The number of H-pyrrole nitrogens is 1. The Balaban J connectivity index is 1.37. The van der Waals surface area contributed by atoms with Crippen molar-refractivity contribution < 1.29 is 23.8 Å². The number of carbonyl (C=O) groups is 1. The van der Waals surface area contributed by atoms with Gasteiger partial charge in [-0.3, -0.25) is 9.79 Å². The van der Waals surface area contributed by atoms with Crippen molar-refractivity contribution in [3.05, 3.63) is 79.9 Å². The summed E-state index contributed by atoms with van der Waals surface area (Å²) in [5.41, 5.74) is 1.10. The summed E-state index contributed by atoms with van der Waals surface area (Å²) in [6, 6.07) is 4.89. The first kappa shape index (κ1) is 24.6. The van der Waals surface area contributed by atoms with E-state index >= 15 is 0 Å². The summed E-state index contributed by atoms with van der Waals surface area (Å²) in [4.78, 5) is 33.4. The number of imidazole rings is 1. The zero-order valence-electron chi connectivity index (χ0n) is 20.2. The summed E-state index contributed by atoms with van der Waals surface area (Å²) in [7, 11) is 0. The van der Waals surface area contributed by atoms with Crippen LogP contribution in [0.15, 0.2) is 40.1 Å². The molecule has 0 saturated heterocycles. The van der Waals surface area contributed by atoms with Gasteiger partial charge in [0.05, 0.1) is 11.3 Å². The zero-order chi connectivity index (χ0) is 27.0. The Morgan fingerprint density at radius 2 is 2.00 bits per heavy atom. The number of halogens is 3. The molecule has 1 unspecified atom stereocenters. The van der Waals surface area contributed by atoms with Crippen LogP contribution in [0, 0.1) is 24.0 Å². The summed E-state index contributed by atoms with van der Waals surface area (Å²) in [6.45, 7) is 2.08. The third-order valence-electron chi connectivity index (χ3n) is 7.75. The Morgan fingerprint density at radius 3 is 2.68 bits per heavy atom. The number of nitrogens with zero attached hydrogens (tertiary/aromatic N) is 2.